The van der Waals surface area contributed by atoms with Gasteiger partial charge in [0.2, 0.25) is 0 Å². The molecule has 0 saturated carbocycles. The average Bonchev–Trinajstić information content (AvgIpc) is 3.09. The number of imidazole rings is 1. The molecule has 0 atom stereocenters. The summed E-state index contributed by atoms with van der Waals surface area (Å²) in [6.45, 7) is 3.51. The normalized spacial score (nSPS) is 10.9. The second-order valence-corrected chi connectivity index (χ2v) is 7.19. The first-order chi connectivity index (χ1) is 14.2. The van der Waals surface area contributed by atoms with Crippen molar-refractivity contribution in [1.82, 2.24) is 19.9 Å². The van der Waals surface area contributed by atoms with E-state index in [0.29, 0.717) is 12.1 Å². The van der Waals surface area contributed by atoms with Crippen molar-refractivity contribution in [2.24, 2.45) is 0 Å². The molecule has 0 radical (unpaired) electrons. The van der Waals surface area contributed by atoms with Crippen LogP contribution in [0.1, 0.15) is 33.7 Å². The van der Waals surface area contributed by atoms with Gasteiger partial charge in [0.25, 0.3) is 5.91 Å². The van der Waals surface area contributed by atoms with E-state index in [4.69, 9.17) is 4.98 Å². The Bertz CT molecular complexity index is 1120. The summed E-state index contributed by atoms with van der Waals surface area (Å²) in [7, 11) is 0. The summed E-state index contributed by atoms with van der Waals surface area (Å²) in [5, 5.41) is 2.98. The lowest BCUT2D eigenvalue weighted by Crippen LogP contribution is -2.25. The van der Waals surface area contributed by atoms with Crippen molar-refractivity contribution in [1.29, 1.82) is 0 Å². The van der Waals surface area contributed by atoms with E-state index >= 15 is 0 Å². The van der Waals surface area contributed by atoms with Crippen LogP contribution in [0.25, 0.3) is 11.0 Å². The molecule has 0 aliphatic carbocycles. The van der Waals surface area contributed by atoms with Crippen molar-refractivity contribution >= 4 is 16.9 Å². The van der Waals surface area contributed by atoms with Gasteiger partial charge in [-0.05, 0) is 43.2 Å². The van der Waals surface area contributed by atoms with E-state index in [2.05, 4.69) is 64.3 Å². The van der Waals surface area contributed by atoms with Crippen LogP contribution >= 0.6 is 0 Å². The molecule has 5 nitrogen and oxygen atoms in total. The molecule has 0 aliphatic rings. The van der Waals surface area contributed by atoms with Gasteiger partial charge < -0.3 is 9.88 Å². The number of hydrogen-bond donors (Lipinski definition) is 1. The number of pyridine rings is 1. The van der Waals surface area contributed by atoms with Crippen LogP contribution in [0.5, 0.6) is 0 Å². The molecule has 2 aromatic heterocycles. The summed E-state index contributed by atoms with van der Waals surface area (Å²) in [4.78, 5) is 21.0. The highest BCUT2D eigenvalue weighted by atomic mass is 16.1. The number of nitrogens with zero attached hydrogens (tertiary/aromatic N) is 3. The first-order valence-electron chi connectivity index (χ1n) is 9.88. The van der Waals surface area contributed by atoms with E-state index < -0.39 is 0 Å². The molecule has 2 heterocycles. The highest BCUT2D eigenvalue weighted by Gasteiger charge is 2.11. The second-order valence-electron chi connectivity index (χ2n) is 7.19. The largest absolute Gasteiger partial charge is 0.352 e. The van der Waals surface area contributed by atoms with Crippen molar-refractivity contribution in [2.75, 3.05) is 6.54 Å². The van der Waals surface area contributed by atoms with Crippen molar-refractivity contribution in [3.8, 4) is 0 Å². The SMILES string of the molecule is Cc1cccc(Cn2c(CCCNC(=O)c3ccncc3)nc3ccccc32)c1. The third-order valence-corrected chi connectivity index (χ3v) is 4.96. The number of benzene rings is 2. The maximum Gasteiger partial charge on any atom is 0.251 e. The molecular weight excluding hydrogens is 360 g/mol. The van der Waals surface area contributed by atoms with Gasteiger partial charge in [-0.3, -0.25) is 9.78 Å². The minimum Gasteiger partial charge on any atom is -0.352 e. The third-order valence-electron chi connectivity index (χ3n) is 4.96. The zero-order chi connectivity index (χ0) is 20.1. The summed E-state index contributed by atoms with van der Waals surface area (Å²) in [5.74, 6) is 0.978. The van der Waals surface area contributed by atoms with Crippen molar-refractivity contribution in [3.63, 3.8) is 0 Å². The molecule has 5 heteroatoms. The van der Waals surface area contributed by atoms with Gasteiger partial charge >= 0.3 is 0 Å². The first kappa shape index (κ1) is 18.9. The Morgan fingerprint density at radius 2 is 1.86 bits per heavy atom. The van der Waals surface area contributed by atoms with E-state index in [9.17, 15) is 4.79 Å². The summed E-state index contributed by atoms with van der Waals surface area (Å²) in [6, 6.07) is 20.3. The predicted molar refractivity (Wildman–Crippen MR) is 115 cm³/mol. The van der Waals surface area contributed by atoms with Crippen LogP contribution in [0.4, 0.5) is 0 Å². The van der Waals surface area contributed by atoms with Crippen molar-refractivity contribution in [3.05, 3.63) is 95.6 Å². The van der Waals surface area contributed by atoms with Crippen LogP contribution < -0.4 is 5.32 Å². The molecule has 2 aromatic carbocycles. The zero-order valence-electron chi connectivity index (χ0n) is 16.5. The number of carbonyl (C=O) groups excluding carboxylic acids is 1. The van der Waals surface area contributed by atoms with Crippen molar-refractivity contribution in [2.45, 2.75) is 26.3 Å². The number of rotatable bonds is 7. The van der Waals surface area contributed by atoms with Gasteiger partial charge in [-0.25, -0.2) is 4.98 Å². The summed E-state index contributed by atoms with van der Waals surface area (Å²) >= 11 is 0. The lowest BCUT2D eigenvalue weighted by molar-refractivity contribution is 0.0953. The topological polar surface area (TPSA) is 59.8 Å². The molecule has 1 N–H and O–H groups in total. The number of para-hydroxylation sites is 2. The van der Waals surface area contributed by atoms with Gasteiger partial charge in [0, 0.05) is 37.5 Å². The Labute approximate surface area is 170 Å². The smallest absolute Gasteiger partial charge is 0.251 e. The number of amides is 1. The Balaban J connectivity index is 1.46. The Morgan fingerprint density at radius 3 is 2.69 bits per heavy atom. The van der Waals surface area contributed by atoms with Crippen LogP contribution in [0.3, 0.4) is 0 Å². The second kappa shape index (κ2) is 8.69. The van der Waals surface area contributed by atoms with E-state index in [1.54, 1.807) is 24.5 Å². The predicted octanol–water partition coefficient (Wildman–Crippen LogP) is 4.15. The fraction of sp³-hybridized carbons (Fsp3) is 0.208. The lowest BCUT2D eigenvalue weighted by atomic mass is 10.1. The summed E-state index contributed by atoms with van der Waals surface area (Å²) in [6.07, 6.45) is 4.89. The minimum absolute atomic E-state index is 0.0688. The fourth-order valence-corrected chi connectivity index (χ4v) is 3.54. The Morgan fingerprint density at radius 1 is 1.03 bits per heavy atom. The lowest BCUT2D eigenvalue weighted by Gasteiger charge is -2.11. The molecule has 0 saturated heterocycles. The van der Waals surface area contributed by atoms with Gasteiger partial charge in [0.1, 0.15) is 5.82 Å². The molecule has 1 amide bonds. The maximum atomic E-state index is 12.2. The number of aromatic nitrogens is 3. The van der Waals surface area contributed by atoms with E-state index in [1.165, 1.54) is 11.1 Å². The van der Waals surface area contributed by atoms with Crippen molar-refractivity contribution < 1.29 is 4.79 Å². The van der Waals surface area contributed by atoms with Gasteiger partial charge in [-0.1, -0.05) is 42.0 Å². The average molecular weight is 384 g/mol. The zero-order valence-corrected chi connectivity index (χ0v) is 16.5. The highest BCUT2D eigenvalue weighted by Crippen LogP contribution is 2.19. The first-order valence-corrected chi connectivity index (χ1v) is 9.88. The molecule has 0 fully saturated rings. The molecule has 4 aromatic rings. The number of aryl methyl sites for hydroxylation is 2. The van der Waals surface area contributed by atoms with Crippen LogP contribution in [0.15, 0.2) is 73.1 Å². The maximum absolute atomic E-state index is 12.2. The molecule has 0 aliphatic heterocycles. The van der Waals surface area contributed by atoms with Crippen LogP contribution in [-0.2, 0) is 13.0 Å². The molecule has 0 unspecified atom stereocenters. The summed E-state index contributed by atoms with van der Waals surface area (Å²) in [5.41, 5.74) is 5.31. The molecule has 29 heavy (non-hydrogen) atoms. The standard InChI is InChI=1S/C24H24N4O/c1-18-6-4-7-19(16-18)17-28-22-9-3-2-8-21(22)27-23(28)10-5-13-26-24(29)20-11-14-25-15-12-20/h2-4,6-9,11-12,14-16H,5,10,13,17H2,1H3,(H,26,29). The fourth-order valence-electron chi connectivity index (χ4n) is 3.54. The molecule has 4 rings (SSSR count). The van der Waals surface area contributed by atoms with Crippen LogP contribution in [0, 0.1) is 6.92 Å². The van der Waals surface area contributed by atoms with Crippen LogP contribution in [0.2, 0.25) is 0 Å². The monoisotopic (exact) mass is 384 g/mol. The third kappa shape index (κ3) is 4.51. The number of nitrogens with one attached hydrogen (secondary N) is 1. The van der Waals surface area contributed by atoms with E-state index in [0.717, 1.165) is 36.2 Å². The van der Waals surface area contributed by atoms with Gasteiger partial charge in [-0.15, -0.1) is 0 Å². The van der Waals surface area contributed by atoms with Gasteiger partial charge in [0.05, 0.1) is 11.0 Å². The molecule has 0 spiro atoms. The molecular formula is C24H24N4O. The summed E-state index contributed by atoms with van der Waals surface area (Å²) < 4.78 is 2.29. The Hall–Kier alpha value is -3.47. The van der Waals surface area contributed by atoms with Gasteiger partial charge in [0.15, 0.2) is 0 Å². The molecule has 146 valence electrons. The Kier molecular flexibility index (Phi) is 5.66. The number of carbonyl (C=O) groups is 1. The van der Waals surface area contributed by atoms with E-state index in [1.807, 2.05) is 6.07 Å². The highest BCUT2D eigenvalue weighted by molar-refractivity contribution is 5.93. The minimum atomic E-state index is -0.0688. The van der Waals surface area contributed by atoms with Crippen LogP contribution in [-0.4, -0.2) is 27.0 Å². The van der Waals surface area contributed by atoms with Gasteiger partial charge in [-0.2, -0.15) is 0 Å². The number of fused-ring (bicyclic) bond motifs is 1. The van der Waals surface area contributed by atoms with E-state index in [-0.39, 0.29) is 5.91 Å². The molecule has 0 bridgehead atoms. The number of hydrogen-bond acceptors (Lipinski definition) is 3. The quantitative estimate of drug-likeness (QED) is 0.487.